The van der Waals surface area contributed by atoms with Gasteiger partial charge in [-0.2, -0.15) is 0 Å². The second-order valence-corrected chi connectivity index (χ2v) is 6.02. The molecule has 0 aliphatic rings. The van der Waals surface area contributed by atoms with Gasteiger partial charge in [-0.15, -0.1) is 0 Å². The minimum absolute atomic E-state index is 0.145. The van der Waals surface area contributed by atoms with Crippen molar-refractivity contribution in [1.82, 2.24) is 5.32 Å². The highest BCUT2D eigenvalue weighted by atomic mass is 16.5. The second-order valence-electron chi connectivity index (χ2n) is 6.02. The molecule has 0 saturated carbocycles. The van der Waals surface area contributed by atoms with Gasteiger partial charge in [0.05, 0.1) is 0 Å². The standard InChI is InChI=1S/C18H29NO2/c1-14(2)17(16-9-7-15(3)8-10-16)13-18(20)19-11-5-6-12-21-4/h7-10,14,17H,5-6,11-13H2,1-4H3,(H,19,20). The van der Waals surface area contributed by atoms with E-state index in [2.05, 4.69) is 50.4 Å². The highest BCUT2D eigenvalue weighted by Gasteiger charge is 2.19. The van der Waals surface area contributed by atoms with E-state index in [0.717, 1.165) is 26.0 Å². The van der Waals surface area contributed by atoms with Gasteiger partial charge < -0.3 is 10.1 Å². The van der Waals surface area contributed by atoms with E-state index in [9.17, 15) is 4.79 Å². The lowest BCUT2D eigenvalue weighted by Crippen LogP contribution is -2.27. The van der Waals surface area contributed by atoms with Crippen molar-refractivity contribution in [3.05, 3.63) is 35.4 Å². The second kappa shape index (κ2) is 9.56. The first kappa shape index (κ1) is 17.7. The SMILES string of the molecule is COCCCCNC(=O)CC(c1ccc(C)cc1)C(C)C. The number of unbranched alkanes of at least 4 members (excludes halogenated alkanes) is 1. The van der Waals surface area contributed by atoms with Crippen molar-refractivity contribution in [2.24, 2.45) is 5.92 Å². The van der Waals surface area contributed by atoms with Gasteiger partial charge in [0.15, 0.2) is 0 Å². The van der Waals surface area contributed by atoms with E-state index in [1.807, 2.05) is 0 Å². The summed E-state index contributed by atoms with van der Waals surface area (Å²) >= 11 is 0. The van der Waals surface area contributed by atoms with Crippen molar-refractivity contribution in [2.45, 2.75) is 46.0 Å². The Labute approximate surface area is 129 Å². The zero-order chi connectivity index (χ0) is 15.7. The van der Waals surface area contributed by atoms with Crippen LogP contribution in [0.2, 0.25) is 0 Å². The topological polar surface area (TPSA) is 38.3 Å². The summed E-state index contributed by atoms with van der Waals surface area (Å²) in [6.07, 6.45) is 2.52. The highest BCUT2D eigenvalue weighted by Crippen LogP contribution is 2.28. The van der Waals surface area contributed by atoms with Crippen molar-refractivity contribution in [2.75, 3.05) is 20.3 Å². The van der Waals surface area contributed by atoms with Crippen LogP contribution in [0.15, 0.2) is 24.3 Å². The molecule has 118 valence electrons. The molecular weight excluding hydrogens is 262 g/mol. The lowest BCUT2D eigenvalue weighted by Gasteiger charge is -2.21. The third kappa shape index (κ3) is 6.76. The van der Waals surface area contributed by atoms with Crippen molar-refractivity contribution < 1.29 is 9.53 Å². The first-order valence-electron chi connectivity index (χ1n) is 7.86. The van der Waals surface area contributed by atoms with Crippen LogP contribution in [0.25, 0.3) is 0 Å². The van der Waals surface area contributed by atoms with Crippen molar-refractivity contribution in [3.63, 3.8) is 0 Å². The summed E-state index contributed by atoms with van der Waals surface area (Å²) in [5.74, 6) is 0.878. The van der Waals surface area contributed by atoms with Gasteiger partial charge in [-0.3, -0.25) is 4.79 Å². The third-order valence-electron chi connectivity index (χ3n) is 3.81. The molecule has 0 aromatic heterocycles. The molecule has 1 aromatic carbocycles. The van der Waals surface area contributed by atoms with Gasteiger partial charge in [0, 0.05) is 26.7 Å². The van der Waals surface area contributed by atoms with Gasteiger partial charge in [0.2, 0.25) is 5.91 Å². The summed E-state index contributed by atoms with van der Waals surface area (Å²) in [4.78, 5) is 12.1. The van der Waals surface area contributed by atoms with Crippen LogP contribution in [-0.4, -0.2) is 26.2 Å². The molecular formula is C18H29NO2. The Bertz CT molecular complexity index is 412. The van der Waals surface area contributed by atoms with Crippen molar-refractivity contribution in [1.29, 1.82) is 0 Å². The van der Waals surface area contributed by atoms with Crippen LogP contribution in [-0.2, 0) is 9.53 Å². The monoisotopic (exact) mass is 291 g/mol. The van der Waals surface area contributed by atoms with E-state index < -0.39 is 0 Å². The Morgan fingerprint density at radius 3 is 2.43 bits per heavy atom. The molecule has 0 heterocycles. The molecule has 21 heavy (non-hydrogen) atoms. The van der Waals surface area contributed by atoms with Crippen LogP contribution < -0.4 is 5.32 Å². The maximum absolute atomic E-state index is 12.1. The summed E-state index contributed by atoms with van der Waals surface area (Å²) in [6, 6.07) is 8.53. The van der Waals surface area contributed by atoms with Gasteiger partial charge in [-0.1, -0.05) is 43.7 Å². The van der Waals surface area contributed by atoms with E-state index in [-0.39, 0.29) is 11.8 Å². The molecule has 0 spiro atoms. The fourth-order valence-electron chi connectivity index (χ4n) is 2.42. The lowest BCUT2D eigenvalue weighted by molar-refractivity contribution is -0.121. The van der Waals surface area contributed by atoms with Gasteiger partial charge in [-0.25, -0.2) is 0 Å². The number of aryl methyl sites for hydroxylation is 1. The molecule has 0 aliphatic carbocycles. The summed E-state index contributed by atoms with van der Waals surface area (Å²) in [5, 5.41) is 3.01. The molecule has 0 saturated heterocycles. The lowest BCUT2D eigenvalue weighted by atomic mass is 9.85. The maximum atomic E-state index is 12.1. The smallest absolute Gasteiger partial charge is 0.220 e. The van der Waals surface area contributed by atoms with Crippen LogP contribution >= 0.6 is 0 Å². The summed E-state index contributed by atoms with van der Waals surface area (Å²) in [6.45, 7) is 7.93. The Hall–Kier alpha value is -1.35. The Balaban J connectivity index is 2.47. The highest BCUT2D eigenvalue weighted by molar-refractivity contribution is 5.76. The number of hydrogen-bond donors (Lipinski definition) is 1. The number of benzene rings is 1. The van der Waals surface area contributed by atoms with E-state index >= 15 is 0 Å². The number of amides is 1. The molecule has 3 heteroatoms. The molecule has 3 nitrogen and oxygen atoms in total. The predicted molar refractivity (Wildman–Crippen MR) is 87.5 cm³/mol. The van der Waals surface area contributed by atoms with Crippen LogP contribution in [0.5, 0.6) is 0 Å². The number of hydrogen-bond acceptors (Lipinski definition) is 2. The fraction of sp³-hybridized carbons (Fsp3) is 0.611. The van der Waals surface area contributed by atoms with Gasteiger partial charge in [0.1, 0.15) is 0 Å². The van der Waals surface area contributed by atoms with Crippen LogP contribution in [0.4, 0.5) is 0 Å². The van der Waals surface area contributed by atoms with Gasteiger partial charge >= 0.3 is 0 Å². The minimum atomic E-state index is 0.145. The van der Waals surface area contributed by atoms with Crippen LogP contribution in [0.1, 0.15) is 50.2 Å². The van der Waals surface area contributed by atoms with Crippen molar-refractivity contribution in [3.8, 4) is 0 Å². The third-order valence-corrected chi connectivity index (χ3v) is 3.81. The molecule has 0 aliphatic heterocycles. The Kier molecular flexibility index (Phi) is 8.06. The van der Waals surface area contributed by atoms with E-state index in [1.165, 1.54) is 11.1 Å². The summed E-state index contributed by atoms with van der Waals surface area (Å²) in [7, 11) is 1.70. The number of nitrogens with one attached hydrogen (secondary N) is 1. The first-order valence-corrected chi connectivity index (χ1v) is 7.86. The minimum Gasteiger partial charge on any atom is -0.385 e. The number of rotatable bonds is 9. The van der Waals surface area contributed by atoms with Crippen molar-refractivity contribution >= 4 is 5.91 Å². The Morgan fingerprint density at radius 1 is 1.19 bits per heavy atom. The maximum Gasteiger partial charge on any atom is 0.220 e. The predicted octanol–water partition coefficient (Wildman–Crippen LogP) is 3.67. The largest absolute Gasteiger partial charge is 0.385 e. The van der Waals surface area contributed by atoms with Gasteiger partial charge in [0.25, 0.3) is 0 Å². The fourth-order valence-corrected chi connectivity index (χ4v) is 2.42. The van der Waals surface area contributed by atoms with E-state index in [0.29, 0.717) is 12.3 Å². The molecule has 1 rings (SSSR count). The molecule has 1 atom stereocenters. The average molecular weight is 291 g/mol. The molecule has 1 aromatic rings. The molecule has 0 bridgehead atoms. The molecule has 1 amide bonds. The van der Waals surface area contributed by atoms with E-state index in [1.54, 1.807) is 7.11 Å². The number of carbonyl (C=O) groups excluding carboxylic acids is 1. The zero-order valence-electron chi connectivity index (χ0n) is 13.8. The summed E-state index contributed by atoms with van der Waals surface area (Å²) in [5.41, 5.74) is 2.51. The molecule has 0 radical (unpaired) electrons. The first-order chi connectivity index (χ1) is 10.0. The quantitative estimate of drug-likeness (QED) is 0.705. The molecule has 1 N–H and O–H groups in total. The number of methoxy groups -OCH3 is 1. The van der Waals surface area contributed by atoms with E-state index in [4.69, 9.17) is 4.74 Å². The summed E-state index contributed by atoms with van der Waals surface area (Å²) < 4.78 is 5.00. The number of carbonyl (C=O) groups is 1. The van der Waals surface area contributed by atoms with Crippen LogP contribution in [0.3, 0.4) is 0 Å². The Morgan fingerprint density at radius 2 is 1.86 bits per heavy atom. The normalized spacial score (nSPS) is 12.4. The van der Waals surface area contributed by atoms with Crippen LogP contribution in [0, 0.1) is 12.8 Å². The molecule has 0 fully saturated rings. The van der Waals surface area contributed by atoms with Gasteiger partial charge in [-0.05, 0) is 37.2 Å². The average Bonchev–Trinajstić information content (AvgIpc) is 2.45. The number of ether oxygens (including phenoxy) is 1. The molecule has 1 unspecified atom stereocenters. The zero-order valence-corrected chi connectivity index (χ0v) is 13.8.